The van der Waals surface area contributed by atoms with Crippen molar-refractivity contribution >= 4 is 6.03 Å². The van der Waals surface area contributed by atoms with Crippen molar-refractivity contribution in [1.29, 1.82) is 0 Å². The molecule has 0 aromatic carbocycles. The molecule has 0 aliphatic heterocycles. The molecule has 0 aromatic rings. The second-order valence-electron chi connectivity index (χ2n) is 4.14. The summed E-state index contributed by atoms with van der Waals surface area (Å²) in [6, 6.07) is 0.775. The molecule has 2 amide bonds. The minimum absolute atomic E-state index is 0.0712. The summed E-state index contributed by atoms with van der Waals surface area (Å²) in [6.07, 6.45) is 4.82. The molecule has 0 aromatic heterocycles. The second kappa shape index (κ2) is 4.49. The van der Waals surface area contributed by atoms with Crippen molar-refractivity contribution in [3.8, 4) is 0 Å². The van der Waals surface area contributed by atoms with Gasteiger partial charge < -0.3 is 10.2 Å². The fourth-order valence-electron chi connectivity index (χ4n) is 1.58. The molecule has 0 heterocycles. The number of amides is 2. The van der Waals surface area contributed by atoms with Crippen LogP contribution in [-0.4, -0.2) is 30.1 Å². The molecule has 76 valence electrons. The van der Waals surface area contributed by atoms with Crippen LogP contribution in [0.5, 0.6) is 0 Å². The van der Waals surface area contributed by atoms with E-state index in [-0.39, 0.29) is 12.1 Å². The number of carbonyl (C=O) groups excluding carboxylic acids is 1. The molecule has 0 bridgehead atoms. The molecule has 0 unspecified atom stereocenters. The Hall–Kier alpha value is -0.730. The highest BCUT2D eigenvalue weighted by atomic mass is 16.2. The van der Waals surface area contributed by atoms with Crippen molar-refractivity contribution in [1.82, 2.24) is 10.2 Å². The van der Waals surface area contributed by atoms with Gasteiger partial charge in [0.2, 0.25) is 0 Å². The first-order valence-electron chi connectivity index (χ1n) is 5.14. The smallest absolute Gasteiger partial charge is 0.317 e. The number of nitrogens with one attached hydrogen (secondary N) is 1. The van der Waals surface area contributed by atoms with Crippen LogP contribution in [0.15, 0.2) is 0 Å². The lowest BCUT2D eigenvalue weighted by Crippen LogP contribution is -2.44. The van der Waals surface area contributed by atoms with Gasteiger partial charge in [-0.1, -0.05) is 12.8 Å². The first kappa shape index (κ1) is 10.4. The van der Waals surface area contributed by atoms with E-state index in [9.17, 15) is 4.79 Å². The molecule has 0 saturated heterocycles. The average Bonchev–Trinajstić information content (AvgIpc) is 2.55. The molecule has 0 radical (unpaired) electrons. The first-order chi connectivity index (χ1) is 6.11. The van der Waals surface area contributed by atoms with E-state index in [0.29, 0.717) is 6.04 Å². The minimum atomic E-state index is 0.0712. The van der Waals surface area contributed by atoms with E-state index in [4.69, 9.17) is 0 Å². The fraction of sp³-hybridized carbons (Fsp3) is 0.900. The molecule has 1 N–H and O–H groups in total. The largest absolute Gasteiger partial charge is 0.335 e. The Kier molecular flexibility index (Phi) is 3.58. The molecule has 0 atom stereocenters. The number of rotatable bonds is 2. The Bertz CT molecular complexity index is 174. The Morgan fingerprint density at radius 3 is 2.38 bits per heavy atom. The Balaban J connectivity index is 2.31. The van der Waals surface area contributed by atoms with Crippen molar-refractivity contribution in [2.24, 2.45) is 0 Å². The van der Waals surface area contributed by atoms with Gasteiger partial charge in [0, 0.05) is 19.1 Å². The normalized spacial score (nSPS) is 17.8. The topological polar surface area (TPSA) is 32.3 Å². The van der Waals surface area contributed by atoms with Crippen LogP contribution in [0.2, 0.25) is 0 Å². The van der Waals surface area contributed by atoms with Gasteiger partial charge in [0.25, 0.3) is 0 Å². The summed E-state index contributed by atoms with van der Waals surface area (Å²) >= 11 is 0. The third-order valence-electron chi connectivity index (χ3n) is 2.78. The van der Waals surface area contributed by atoms with E-state index in [1.165, 1.54) is 12.8 Å². The number of nitrogens with zero attached hydrogens (tertiary/aromatic N) is 1. The molecule has 3 heteroatoms. The van der Waals surface area contributed by atoms with Gasteiger partial charge in [-0.25, -0.2) is 4.79 Å². The molecule has 13 heavy (non-hydrogen) atoms. The summed E-state index contributed by atoms with van der Waals surface area (Å²) in [5.74, 6) is 0. The van der Waals surface area contributed by atoms with Crippen LogP contribution in [0.1, 0.15) is 39.5 Å². The molecule has 0 spiro atoms. The SMILES string of the molecule is CC(C)N(C)C(=O)NC1CCCC1. The Labute approximate surface area is 80.5 Å². The summed E-state index contributed by atoms with van der Waals surface area (Å²) in [7, 11) is 1.84. The quantitative estimate of drug-likeness (QED) is 0.699. The highest BCUT2D eigenvalue weighted by Crippen LogP contribution is 2.17. The predicted molar refractivity (Wildman–Crippen MR) is 53.7 cm³/mol. The maximum Gasteiger partial charge on any atom is 0.317 e. The maximum absolute atomic E-state index is 11.6. The fourth-order valence-corrected chi connectivity index (χ4v) is 1.58. The van der Waals surface area contributed by atoms with Crippen LogP contribution in [0.4, 0.5) is 4.79 Å². The summed E-state index contributed by atoms with van der Waals surface area (Å²) in [6.45, 7) is 4.04. The molecule has 3 nitrogen and oxygen atoms in total. The summed E-state index contributed by atoms with van der Waals surface area (Å²) in [4.78, 5) is 13.3. The summed E-state index contributed by atoms with van der Waals surface area (Å²) < 4.78 is 0. The Morgan fingerprint density at radius 2 is 1.92 bits per heavy atom. The van der Waals surface area contributed by atoms with Gasteiger partial charge in [-0.2, -0.15) is 0 Å². The number of hydrogen-bond donors (Lipinski definition) is 1. The van der Waals surface area contributed by atoms with E-state index in [1.54, 1.807) is 4.90 Å². The van der Waals surface area contributed by atoms with Crippen LogP contribution in [0, 0.1) is 0 Å². The van der Waals surface area contributed by atoms with Crippen LogP contribution >= 0.6 is 0 Å². The lowest BCUT2D eigenvalue weighted by Gasteiger charge is -2.24. The van der Waals surface area contributed by atoms with Gasteiger partial charge >= 0.3 is 6.03 Å². The van der Waals surface area contributed by atoms with Crippen LogP contribution in [-0.2, 0) is 0 Å². The van der Waals surface area contributed by atoms with Gasteiger partial charge in [0.1, 0.15) is 0 Å². The van der Waals surface area contributed by atoms with Crippen molar-refractivity contribution in [2.45, 2.75) is 51.6 Å². The molecule has 1 aliphatic carbocycles. The number of hydrogen-bond acceptors (Lipinski definition) is 1. The van der Waals surface area contributed by atoms with E-state index in [2.05, 4.69) is 5.32 Å². The van der Waals surface area contributed by atoms with Gasteiger partial charge in [-0.3, -0.25) is 0 Å². The standard InChI is InChI=1S/C10H20N2O/c1-8(2)12(3)10(13)11-9-6-4-5-7-9/h8-9H,4-7H2,1-3H3,(H,11,13). The third kappa shape index (κ3) is 2.90. The van der Waals surface area contributed by atoms with Crippen LogP contribution in [0.25, 0.3) is 0 Å². The zero-order valence-electron chi connectivity index (χ0n) is 8.84. The van der Waals surface area contributed by atoms with Gasteiger partial charge in [0.05, 0.1) is 0 Å². The van der Waals surface area contributed by atoms with Crippen molar-refractivity contribution in [2.75, 3.05) is 7.05 Å². The van der Waals surface area contributed by atoms with Gasteiger partial charge in [-0.15, -0.1) is 0 Å². The first-order valence-corrected chi connectivity index (χ1v) is 5.14. The van der Waals surface area contributed by atoms with E-state index < -0.39 is 0 Å². The van der Waals surface area contributed by atoms with Crippen LogP contribution < -0.4 is 5.32 Å². The summed E-state index contributed by atoms with van der Waals surface area (Å²) in [5.41, 5.74) is 0. The lowest BCUT2D eigenvalue weighted by atomic mass is 10.2. The molecule has 1 saturated carbocycles. The van der Waals surface area contributed by atoms with Crippen molar-refractivity contribution in [3.05, 3.63) is 0 Å². The highest BCUT2D eigenvalue weighted by molar-refractivity contribution is 5.74. The zero-order chi connectivity index (χ0) is 9.84. The zero-order valence-corrected chi connectivity index (χ0v) is 8.84. The molecular formula is C10H20N2O. The number of carbonyl (C=O) groups is 1. The van der Waals surface area contributed by atoms with Gasteiger partial charge in [0.15, 0.2) is 0 Å². The van der Waals surface area contributed by atoms with Crippen molar-refractivity contribution < 1.29 is 4.79 Å². The molecule has 1 fully saturated rings. The van der Waals surface area contributed by atoms with E-state index in [1.807, 2.05) is 20.9 Å². The minimum Gasteiger partial charge on any atom is -0.335 e. The maximum atomic E-state index is 11.6. The highest BCUT2D eigenvalue weighted by Gasteiger charge is 2.19. The monoisotopic (exact) mass is 184 g/mol. The van der Waals surface area contributed by atoms with Crippen LogP contribution in [0.3, 0.4) is 0 Å². The van der Waals surface area contributed by atoms with E-state index in [0.717, 1.165) is 12.8 Å². The lowest BCUT2D eigenvalue weighted by molar-refractivity contribution is 0.193. The molecular weight excluding hydrogens is 164 g/mol. The summed E-state index contributed by atoms with van der Waals surface area (Å²) in [5, 5.41) is 3.05. The second-order valence-corrected chi connectivity index (χ2v) is 4.14. The molecule has 1 aliphatic rings. The third-order valence-corrected chi connectivity index (χ3v) is 2.78. The Morgan fingerprint density at radius 1 is 1.38 bits per heavy atom. The predicted octanol–water partition coefficient (Wildman–Crippen LogP) is 1.98. The van der Waals surface area contributed by atoms with Crippen molar-refractivity contribution in [3.63, 3.8) is 0 Å². The number of urea groups is 1. The average molecular weight is 184 g/mol. The van der Waals surface area contributed by atoms with E-state index >= 15 is 0 Å². The molecule has 1 rings (SSSR count). The van der Waals surface area contributed by atoms with Gasteiger partial charge in [-0.05, 0) is 26.7 Å².